The Balaban J connectivity index is 1.67. The highest BCUT2D eigenvalue weighted by molar-refractivity contribution is 7.99. The van der Waals surface area contributed by atoms with Gasteiger partial charge in [-0.3, -0.25) is 4.79 Å². The van der Waals surface area contributed by atoms with E-state index < -0.39 is 0 Å². The molecule has 2 aromatic rings. The highest BCUT2D eigenvalue weighted by atomic mass is 32.2. The maximum Gasteiger partial charge on any atom is 0.232 e. The highest BCUT2D eigenvalue weighted by Gasteiger charge is 2.12. The molecule has 1 atom stereocenters. The lowest BCUT2D eigenvalue weighted by atomic mass is 10.1. The molecule has 0 saturated heterocycles. The van der Waals surface area contributed by atoms with Gasteiger partial charge in [-0.1, -0.05) is 48.0 Å². The molecule has 3 nitrogen and oxygen atoms in total. The summed E-state index contributed by atoms with van der Waals surface area (Å²) < 4.78 is 5.73. The molecular formula is C20H25NO2S. The highest BCUT2D eigenvalue weighted by Crippen LogP contribution is 2.19. The fourth-order valence-corrected chi connectivity index (χ4v) is 3.18. The lowest BCUT2D eigenvalue weighted by molar-refractivity contribution is -0.120. The standard InChI is InChI=1S/C20H25NO2S/c1-15-9-10-19(16(2)13-15)23-12-11-21-20(22)17(3)24-14-18-7-5-4-6-8-18/h4-10,13,17H,11-12,14H2,1-3H3,(H,21,22)/t17-/m1/s1. The fourth-order valence-electron chi connectivity index (χ4n) is 2.31. The number of amides is 1. The fraction of sp³-hybridized carbons (Fsp3) is 0.350. The SMILES string of the molecule is Cc1ccc(OCCNC(=O)[C@@H](C)SCc2ccccc2)c(C)c1. The number of ether oxygens (including phenoxy) is 1. The summed E-state index contributed by atoms with van der Waals surface area (Å²) in [6.45, 7) is 7.02. The van der Waals surface area contributed by atoms with Gasteiger partial charge in [0.05, 0.1) is 11.8 Å². The van der Waals surface area contributed by atoms with E-state index >= 15 is 0 Å². The molecule has 0 heterocycles. The van der Waals surface area contributed by atoms with Crippen molar-refractivity contribution in [3.8, 4) is 5.75 Å². The van der Waals surface area contributed by atoms with Crippen LogP contribution in [0.15, 0.2) is 48.5 Å². The molecule has 128 valence electrons. The Bertz CT molecular complexity index is 658. The molecule has 0 aromatic heterocycles. The van der Waals surface area contributed by atoms with E-state index in [0.29, 0.717) is 13.2 Å². The molecule has 0 spiro atoms. The van der Waals surface area contributed by atoms with Gasteiger partial charge in [0.25, 0.3) is 0 Å². The van der Waals surface area contributed by atoms with Crippen molar-refractivity contribution in [2.75, 3.05) is 13.2 Å². The molecule has 2 rings (SSSR count). The first-order valence-electron chi connectivity index (χ1n) is 8.19. The summed E-state index contributed by atoms with van der Waals surface area (Å²) in [5.74, 6) is 1.77. The molecule has 0 radical (unpaired) electrons. The van der Waals surface area contributed by atoms with Gasteiger partial charge in [-0.15, -0.1) is 11.8 Å². The molecule has 0 aliphatic rings. The van der Waals surface area contributed by atoms with Crippen LogP contribution in [0.5, 0.6) is 5.75 Å². The van der Waals surface area contributed by atoms with Crippen molar-refractivity contribution in [3.63, 3.8) is 0 Å². The van der Waals surface area contributed by atoms with Crippen LogP contribution < -0.4 is 10.1 Å². The first-order valence-corrected chi connectivity index (χ1v) is 9.24. The molecule has 24 heavy (non-hydrogen) atoms. The minimum atomic E-state index is -0.0775. The van der Waals surface area contributed by atoms with Gasteiger partial charge in [0, 0.05) is 5.75 Å². The summed E-state index contributed by atoms with van der Waals surface area (Å²) in [6, 6.07) is 16.3. The van der Waals surface area contributed by atoms with Crippen LogP contribution in [0.2, 0.25) is 0 Å². The van der Waals surface area contributed by atoms with Crippen LogP contribution in [0.3, 0.4) is 0 Å². The summed E-state index contributed by atoms with van der Waals surface area (Å²) in [5, 5.41) is 2.86. The van der Waals surface area contributed by atoms with Crippen LogP contribution in [-0.2, 0) is 10.5 Å². The van der Waals surface area contributed by atoms with E-state index in [1.165, 1.54) is 11.1 Å². The summed E-state index contributed by atoms with van der Waals surface area (Å²) >= 11 is 1.64. The Labute approximate surface area is 148 Å². The first-order chi connectivity index (χ1) is 11.6. The zero-order valence-electron chi connectivity index (χ0n) is 14.5. The number of carbonyl (C=O) groups is 1. The molecule has 0 saturated carbocycles. The molecule has 0 fully saturated rings. The predicted molar refractivity (Wildman–Crippen MR) is 102 cm³/mol. The Kier molecular flexibility index (Phi) is 7.19. The molecule has 0 aliphatic carbocycles. The molecule has 0 unspecified atom stereocenters. The summed E-state index contributed by atoms with van der Waals surface area (Å²) in [5.41, 5.74) is 3.57. The molecule has 0 bridgehead atoms. The second kappa shape index (κ2) is 9.38. The first kappa shape index (κ1) is 18.4. The quantitative estimate of drug-likeness (QED) is 0.733. The number of aryl methyl sites for hydroxylation is 2. The van der Waals surface area contributed by atoms with Gasteiger partial charge in [-0.25, -0.2) is 0 Å². The van der Waals surface area contributed by atoms with Gasteiger partial charge in [0.15, 0.2) is 0 Å². The third-order valence-corrected chi connectivity index (χ3v) is 4.92. The predicted octanol–water partition coefficient (Wildman–Crippen LogP) is 4.12. The second-order valence-corrected chi connectivity index (χ2v) is 7.18. The van der Waals surface area contributed by atoms with E-state index in [-0.39, 0.29) is 11.2 Å². The van der Waals surface area contributed by atoms with E-state index in [1.54, 1.807) is 11.8 Å². The molecule has 2 aromatic carbocycles. The lowest BCUT2D eigenvalue weighted by Crippen LogP contribution is -2.34. The Hall–Kier alpha value is -1.94. The Morgan fingerprint density at radius 3 is 2.62 bits per heavy atom. The number of benzene rings is 2. The van der Waals surface area contributed by atoms with Crippen LogP contribution in [0.25, 0.3) is 0 Å². The third-order valence-electron chi connectivity index (χ3n) is 3.70. The maximum atomic E-state index is 12.1. The van der Waals surface area contributed by atoms with E-state index in [4.69, 9.17) is 4.74 Å². The van der Waals surface area contributed by atoms with Crippen LogP contribution in [0.4, 0.5) is 0 Å². The zero-order chi connectivity index (χ0) is 17.4. The summed E-state index contributed by atoms with van der Waals surface area (Å²) in [4.78, 5) is 12.1. The molecule has 1 N–H and O–H groups in total. The van der Waals surface area contributed by atoms with Crippen molar-refractivity contribution in [1.29, 1.82) is 0 Å². The van der Waals surface area contributed by atoms with Crippen molar-refractivity contribution in [2.45, 2.75) is 31.8 Å². The van der Waals surface area contributed by atoms with Crippen molar-refractivity contribution in [1.82, 2.24) is 5.32 Å². The maximum absolute atomic E-state index is 12.1. The van der Waals surface area contributed by atoms with E-state index in [2.05, 4.69) is 30.4 Å². The number of carbonyl (C=O) groups excluding carboxylic acids is 1. The van der Waals surface area contributed by atoms with Gasteiger partial charge in [-0.2, -0.15) is 0 Å². The minimum Gasteiger partial charge on any atom is -0.491 e. The average molecular weight is 343 g/mol. The van der Waals surface area contributed by atoms with E-state index in [0.717, 1.165) is 17.1 Å². The van der Waals surface area contributed by atoms with Crippen LogP contribution in [0.1, 0.15) is 23.6 Å². The van der Waals surface area contributed by atoms with Crippen molar-refractivity contribution >= 4 is 17.7 Å². The normalized spacial score (nSPS) is 11.8. The van der Waals surface area contributed by atoms with Gasteiger partial charge in [0.2, 0.25) is 5.91 Å². The van der Waals surface area contributed by atoms with Crippen LogP contribution in [0, 0.1) is 13.8 Å². The number of nitrogens with one attached hydrogen (secondary N) is 1. The number of thioether (sulfide) groups is 1. The van der Waals surface area contributed by atoms with Gasteiger partial charge < -0.3 is 10.1 Å². The molecule has 0 aliphatic heterocycles. The largest absolute Gasteiger partial charge is 0.491 e. The number of rotatable bonds is 8. The Morgan fingerprint density at radius 2 is 1.92 bits per heavy atom. The van der Waals surface area contributed by atoms with Crippen molar-refractivity contribution < 1.29 is 9.53 Å². The van der Waals surface area contributed by atoms with Crippen LogP contribution >= 0.6 is 11.8 Å². The number of hydrogen-bond acceptors (Lipinski definition) is 3. The smallest absolute Gasteiger partial charge is 0.232 e. The van der Waals surface area contributed by atoms with Crippen molar-refractivity contribution in [3.05, 3.63) is 65.2 Å². The second-order valence-electron chi connectivity index (χ2n) is 5.85. The minimum absolute atomic E-state index is 0.0557. The third kappa shape index (κ3) is 5.93. The van der Waals surface area contributed by atoms with E-state index in [1.807, 2.05) is 44.2 Å². The topological polar surface area (TPSA) is 38.3 Å². The zero-order valence-corrected chi connectivity index (χ0v) is 15.4. The molecular weight excluding hydrogens is 318 g/mol. The summed E-state index contributed by atoms with van der Waals surface area (Å²) in [6.07, 6.45) is 0. The number of hydrogen-bond donors (Lipinski definition) is 1. The van der Waals surface area contributed by atoms with Gasteiger partial charge in [-0.05, 0) is 38.0 Å². The lowest BCUT2D eigenvalue weighted by Gasteiger charge is -2.13. The molecule has 1 amide bonds. The van der Waals surface area contributed by atoms with E-state index in [9.17, 15) is 4.79 Å². The van der Waals surface area contributed by atoms with Gasteiger partial charge in [0.1, 0.15) is 12.4 Å². The summed E-state index contributed by atoms with van der Waals surface area (Å²) in [7, 11) is 0. The Morgan fingerprint density at radius 1 is 1.17 bits per heavy atom. The monoisotopic (exact) mass is 343 g/mol. The van der Waals surface area contributed by atoms with Crippen LogP contribution in [-0.4, -0.2) is 24.3 Å². The average Bonchev–Trinajstić information content (AvgIpc) is 2.58. The van der Waals surface area contributed by atoms with Crippen molar-refractivity contribution in [2.24, 2.45) is 0 Å². The van der Waals surface area contributed by atoms with Gasteiger partial charge >= 0.3 is 0 Å². The molecule has 4 heteroatoms.